The van der Waals surface area contributed by atoms with Crippen LogP contribution in [-0.4, -0.2) is 16.1 Å². The molecule has 0 bridgehead atoms. The molecular formula is C7H7NOS. The summed E-state index contributed by atoms with van der Waals surface area (Å²) in [5.74, 6) is 5.32. The summed E-state index contributed by atoms with van der Waals surface area (Å²) in [5, 5.41) is 8.34. The summed E-state index contributed by atoms with van der Waals surface area (Å²) in [7, 11) is 0. The van der Waals surface area contributed by atoms with Gasteiger partial charge in [-0.25, -0.2) is 0 Å². The van der Waals surface area contributed by atoms with Gasteiger partial charge < -0.3 is 5.11 Å². The van der Waals surface area contributed by atoms with E-state index in [4.69, 9.17) is 5.11 Å². The quantitative estimate of drug-likeness (QED) is 0.559. The van der Waals surface area contributed by atoms with E-state index in [-0.39, 0.29) is 6.61 Å². The van der Waals surface area contributed by atoms with Gasteiger partial charge >= 0.3 is 0 Å². The normalized spacial score (nSPS) is 8.60. The third kappa shape index (κ3) is 1.83. The summed E-state index contributed by atoms with van der Waals surface area (Å²) in [5.41, 5.74) is 0.979. The van der Waals surface area contributed by atoms with Gasteiger partial charge in [-0.1, -0.05) is 11.8 Å². The van der Waals surface area contributed by atoms with E-state index in [0.29, 0.717) is 0 Å². The van der Waals surface area contributed by atoms with Crippen LogP contribution in [-0.2, 0) is 0 Å². The molecule has 0 spiro atoms. The van der Waals surface area contributed by atoms with Crippen molar-refractivity contribution in [3.05, 3.63) is 16.6 Å². The lowest BCUT2D eigenvalue weighted by molar-refractivity contribution is 0.350. The summed E-state index contributed by atoms with van der Waals surface area (Å²) >= 11 is 1.35. The van der Waals surface area contributed by atoms with Crippen LogP contribution in [0.4, 0.5) is 0 Å². The molecule has 1 aromatic heterocycles. The number of hydrogen-bond donors (Lipinski definition) is 1. The lowest BCUT2D eigenvalue weighted by atomic mass is 10.4. The molecule has 52 valence electrons. The van der Waals surface area contributed by atoms with Crippen LogP contribution in [0.3, 0.4) is 0 Å². The van der Waals surface area contributed by atoms with E-state index < -0.39 is 0 Å². The molecule has 0 aliphatic rings. The number of aryl methyl sites for hydroxylation is 1. The zero-order valence-electron chi connectivity index (χ0n) is 5.59. The Labute approximate surface area is 63.7 Å². The van der Waals surface area contributed by atoms with Crippen LogP contribution in [0.2, 0.25) is 0 Å². The Hall–Kier alpha value is -0.850. The highest BCUT2D eigenvalue weighted by Crippen LogP contribution is 2.05. The van der Waals surface area contributed by atoms with Crippen LogP contribution in [0.5, 0.6) is 0 Å². The molecule has 0 unspecified atom stereocenters. The first-order valence-electron chi connectivity index (χ1n) is 2.86. The van der Waals surface area contributed by atoms with Crippen molar-refractivity contribution in [3.63, 3.8) is 0 Å². The zero-order chi connectivity index (χ0) is 7.40. The second-order valence-electron chi connectivity index (χ2n) is 1.79. The van der Waals surface area contributed by atoms with Gasteiger partial charge in [-0.05, 0) is 24.5 Å². The van der Waals surface area contributed by atoms with E-state index in [1.165, 1.54) is 11.5 Å². The van der Waals surface area contributed by atoms with Crippen LogP contribution in [0, 0.1) is 18.8 Å². The second-order valence-corrected chi connectivity index (χ2v) is 2.60. The SMILES string of the molecule is Cc1cc(C#CCO)sn1. The van der Waals surface area contributed by atoms with Crippen molar-refractivity contribution in [2.75, 3.05) is 6.61 Å². The summed E-state index contributed by atoms with van der Waals surface area (Å²) in [4.78, 5) is 0.909. The van der Waals surface area contributed by atoms with Crippen LogP contribution < -0.4 is 0 Å². The molecule has 1 N–H and O–H groups in total. The number of aliphatic hydroxyl groups excluding tert-OH is 1. The molecule has 0 saturated heterocycles. The smallest absolute Gasteiger partial charge is 0.104 e. The van der Waals surface area contributed by atoms with Gasteiger partial charge in [0.2, 0.25) is 0 Å². The average molecular weight is 153 g/mol. The summed E-state index contributed by atoms with van der Waals surface area (Å²) in [6, 6.07) is 1.90. The molecule has 0 fully saturated rings. The van der Waals surface area contributed by atoms with Crippen molar-refractivity contribution in [2.45, 2.75) is 6.92 Å². The minimum absolute atomic E-state index is 0.0864. The lowest BCUT2D eigenvalue weighted by Gasteiger charge is -1.72. The van der Waals surface area contributed by atoms with E-state index in [2.05, 4.69) is 16.2 Å². The van der Waals surface area contributed by atoms with Gasteiger partial charge in [0.25, 0.3) is 0 Å². The predicted molar refractivity (Wildman–Crippen MR) is 40.8 cm³/mol. The van der Waals surface area contributed by atoms with Crippen LogP contribution in [0.25, 0.3) is 0 Å². The van der Waals surface area contributed by atoms with Gasteiger partial charge in [0.05, 0.1) is 10.6 Å². The standard InChI is InChI=1S/C7H7NOS/c1-6-5-7(10-8-6)3-2-4-9/h5,9H,4H2,1H3. The predicted octanol–water partition coefficient (Wildman–Crippen LogP) is 0.795. The lowest BCUT2D eigenvalue weighted by Crippen LogP contribution is -1.70. The van der Waals surface area contributed by atoms with Gasteiger partial charge in [0.15, 0.2) is 0 Å². The Balaban J connectivity index is 2.76. The van der Waals surface area contributed by atoms with Crippen LogP contribution in [0.1, 0.15) is 10.6 Å². The monoisotopic (exact) mass is 153 g/mol. The molecular weight excluding hydrogens is 146 g/mol. The fourth-order valence-corrected chi connectivity index (χ4v) is 1.19. The number of nitrogens with zero attached hydrogens (tertiary/aromatic N) is 1. The van der Waals surface area contributed by atoms with Gasteiger partial charge in [-0.15, -0.1) is 0 Å². The first-order valence-corrected chi connectivity index (χ1v) is 3.63. The summed E-state index contributed by atoms with van der Waals surface area (Å²) < 4.78 is 4.03. The number of rotatable bonds is 0. The van der Waals surface area contributed by atoms with E-state index in [1.54, 1.807) is 0 Å². The molecule has 3 heteroatoms. The zero-order valence-corrected chi connectivity index (χ0v) is 6.40. The molecule has 0 saturated carbocycles. The van der Waals surface area contributed by atoms with Gasteiger partial charge in [-0.2, -0.15) is 4.37 Å². The Bertz CT molecular complexity index is 269. The maximum absolute atomic E-state index is 8.34. The van der Waals surface area contributed by atoms with Crippen LogP contribution in [0.15, 0.2) is 6.07 Å². The van der Waals surface area contributed by atoms with E-state index >= 15 is 0 Å². The number of aromatic nitrogens is 1. The molecule has 0 radical (unpaired) electrons. The van der Waals surface area contributed by atoms with Gasteiger partial charge in [0, 0.05) is 0 Å². The molecule has 1 heterocycles. The third-order valence-corrected chi connectivity index (χ3v) is 1.71. The summed E-state index contributed by atoms with van der Waals surface area (Å²) in [6.45, 7) is 1.83. The maximum atomic E-state index is 8.34. The molecule has 0 amide bonds. The molecule has 0 atom stereocenters. The second kappa shape index (κ2) is 3.35. The van der Waals surface area contributed by atoms with E-state index in [0.717, 1.165) is 10.6 Å². The summed E-state index contributed by atoms with van der Waals surface area (Å²) in [6.07, 6.45) is 0. The molecule has 10 heavy (non-hydrogen) atoms. The Morgan fingerprint density at radius 2 is 2.60 bits per heavy atom. The van der Waals surface area contributed by atoms with Crippen molar-refractivity contribution >= 4 is 11.5 Å². The maximum Gasteiger partial charge on any atom is 0.104 e. The molecule has 1 aromatic rings. The highest BCUT2D eigenvalue weighted by molar-refractivity contribution is 7.06. The molecule has 0 aliphatic heterocycles. The molecule has 0 aliphatic carbocycles. The van der Waals surface area contributed by atoms with Gasteiger partial charge in [-0.3, -0.25) is 0 Å². The Kier molecular flexibility index (Phi) is 2.43. The average Bonchev–Trinajstić information content (AvgIpc) is 2.31. The Morgan fingerprint density at radius 1 is 1.80 bits per heavy atom. The highest BCUT2D eigenvalue weighted by Gasteiger charge is 1.90. The van der Waals surface area contributed by atoms with E-state index in [1.807, 2.05) is 13.0 Å². The van der Waals surface area contributed by atoms with Crippen LogP contribution >= 0.6 is 11.5 Å². The highest BCUT2D eigenvalue weighted by atomic mass is 32.1. The molecule has 2 nitrogen and oxygen atoms in total. The number of aliphatic hydroxyl groups is 1. The first kappa shape index (κ1) is 7.26. The van der Waals surface area contributed by atoms with Crippen molar-refractivity contribution in [3.8, 4) is 11.8 Å². The van der Waals surface area contributed by atoms with Gasteiger partial charge in [0.1, 0.15) is 6.61 Å². The third-order valence-electron chi connectivity index (χ3n) is 0.919. The molecule has 1 rings (SSSR count). The first-order chi connectivity index (χ1) is 4.83. The van der Waals surface area contributed by atoms with Crippen molar-refractivity contribution in [2.24, 2.45) is 0 Å². The van der Waals surface area contributed by atoms with Crippen molar-refractivity contribution < 1.29 is 5.11 Å². The minimum Gasteiger partial charge on any atom is -0.384 e. The minimum atomic E-state index is -0.0864. The fraction of sp³-hybridized carbons (Fsp3) is 0.286. The number of hydrogen-bond acceptors (Lipinski definition) is 3. The van der Waals surface area contributed by atoms with E-state index in [9.17, 15) is 0 Å². The van der Waals surface area contributed by atoms with Crippen molar-refractivity contribution in [1.82, 2.24) is 4.37 Å². The topological polar surface area (TPSA) is 33.1 Å². The largest absolute Gasteiger partial charge is 0.384 e. The fourth-order valence-electron chi connectivity index (χ4n) is 0.549. The van der Waals surface area contributed by atoms with Crippen molar-refractivity contribution in [1.29, 1.82) is 0 Å². The Morgan fingerprint density at radius 3 is 3.10 bits per heavy atom. The molecule has 0 aromatic carbocycles.